The van der Waals surface area contributed by atoms with Crippen LogP contribution in [0.5, 0.6) is 5.75 Å². The van der Waals surface area contributed by atoms with Crippen molar-refractivity contribution >= 4 is 0 Å². The highest BCUT2D eigenvalue weighted by Gasteiger charge is 2.14. The number of methoxy groups -OCH3 is 1. The molecule has 1 N–H and O–H groups in total. The van der Waals surface area contributed by atoms with Crippen molar-refractivity contribution in [3.63, 3.8) is 0 Å². The molecule has 0 saturated carbocycles. The van der Waals surface area contributed by atoms with E-state index in [1.165, 1.54) is 19.2 Å². The van der Waals surface area contributed by atoms with Gasteiger partial charge >= 0.3 is 0 Å². The smallest absolute Gasteiger partial charge is 0.165 e. The molecule has 0 aliphatic rings. The van der Waals surface area contributed by atoms with Crippen LogP contribution in [0.1, 0.15) is 17.2 Å². The maximum absolute atomic E-state index is 13.5. The predicted octanol–water partition coefficient (Wildman–Crippen LogP) is 3.39. The molecule has 0 fully saturated rings. The van der Waals surface area contributed by atoms with Gasteiger partial charge in [0.1, 0.15) is 11.6 Å². The van der Waals surface area contributed by atoms with Crippen molar-refractivity contribution in [1.82, 2.24) is 0 Å². The second-order valence-electron chi connectivity index (χ2n) is 4.35. The maximum atomic E-state index is 13.5. The molecule has 0 aliphatic carbocycles. The summed E-state index contributed by atoms with van der Waals surface area (Å²) in [6, 6.07) is 6.96. The molecule has 2 aromatic rings. The molecule has 106 valence electrons. The van der Waals surface area contributed by atoms with E-state index < -0.39 is 23.6 Å². The number of hydrogen-bond donors (Lipinski definition) is 1. The van der Waals surface area contributed by atoms with E-state index in [0.717, 1.165) is 24.3 Å². The Morgan fingerprint density at radius 3 is 2.45 bits per heavy atom. The van der Waals surface area contributed by atoms with E-state index in [-0.39, 0.29) is 23.3 Å². The Kier molecular flexibility index (Phi) is 4.29. The van der Waals surface area contributed by atoms with Gasteiger partial charge in [0, 0.05) is 6.42 Å². The normalized spacial score (nSPS) is 12.2. The predicted molar refractivity (Wildman–Crippen MR) is 68.0 cm³/mol. The first-order valence-electron chi connectivity index (χ1n) is 5.96. The Hall–Kier alpha value is -2.01. The van der Waals surface area contributed by atoms with Crippen molar-refractivity contribution in [2.24, 2.45) is 0 Å². The van der Waals surface area contributed by atoms with Crippen molar-refractivity contribution in [2.45, 2.75) is 12.5 Å². The minimum Gasteiger partial charge on any atom is -0.494 e. The van der Waals surface area contributed by atoms with Gasteiger partial charge in [0.15, 0.2) is 11.6 Å². The summed E-state index contributed by atoms with van der Waals surface area (Å²) in [5.74, 6) is -1.77. The third-order valence-electron chi connectivity index (χ3n) is 2.98. The number of aliphatic hydroxyl groups excluding tert-OH is 1. The number of rotatable bonds is 4. The molecule has 20 heavy (non-hydrogen) atoms. The van der Waals surface area contributed by atoms with E-state index in [2.05, 4.69) is 0 Å². The van der Waals surface area contributed by atoms with E-state index in [9.17, 15) is 18.3 Å². The van der Waals surface area contributed by atoms with Gasteiger partial charge in [-0.2, -0.15) is 0 Å². The molecule has 1 atom stereocenters. The van der Waals surface area contributed by atoms with E-state index in [4.69, 9.17) is 4.74 Å². The van der Waals surface area contributed by atoms with Crippen molar-refractivity contribution < 1.29 is 23.0 Å². The highest BCUT2D eigenvalue weighted by molar-refractivity contribution is 5.31. The zero-order valence-corrected chi connectivity index (χ0v) is 10.7. The molecule has 0 saturated heterocycles. The monoisotopic (exact) mass is 282 g/mol. The van der Waals surface area contributed by atoms with Crippen LogP contribution in [0.15, 0.2) is 36.4 Å². The van der Waals surface area contributed by atoms with E-state index in [0.29, 0.717) is 0 Å². The molecule has 1 unspecified atom stereocenters. The summed E-state index contributed by atoms with van der Waals surface area (Å²) in [6.07, 6.45) is -1.28. The molecule has 0 aliphatic heterocycles. The largest absolute Gasteiger partial charge is 0.494 e. The van der Waals surface area contributed by atoms with Gasteiger partial charge in [0.2, 0.25) is 0 Å². The van der Waals surface area contributed by atoms with Crippen molar-refractivity contribution in [2.75, 3.05) is 7.11 Å². The quantitative estimate of drug-likeness (QED) is 0.931. The number of benzene rings is 2. The Morgan fingerprint density at radius 1 is 1.05 bits per heavy atom. The Labute approximate surface area is 114 Å². The van der Waals surface area contributed by atoms with Crippen LogP contribution in [-0.2, 0) is 6.42 Å². The van der Waals surface area contributed by atoms with Crippen LogP contribution >= 0.6 is 0 Å². The van der Waals surface area contributed by atoms with Crippen LogP contribution in [-0.4, -0.2) is 12.2 Å². The molecule has 2 nitrogen and oxygen atoms in total. The fraction of sp³-hybridized carbons (Fsp3) is 0.200. The molecule has 0 radical (unpaired) electrons. The molecule has 5 heteroatoms. The molecule has 0 aromatic heterocycles. The second-order valence-corrected chi connectivity index (χ2v) is 4.35. The summed E-state index contributed by atoms with van der Waals surface area (Å²) < 4.78 is 44.8. The first-order chi connectivity index (χ1) is 9.51. The summed E-state index contributed by atoms with van der Waals surface area (Å²) in [5, 5.41) is 9.98. The first-order valence-corrected chi connectivity index (χ1v) is 5.96. The van der Waals surface area contributed by atoms with Crippen LogP contribution in [0.25, 0.3) is 0 Å². The van der Waals surface area contributed by atoms with Crippen molar-refractivity contribution in [1.29, 1.82) is 0 Å². The van der Waals surface area contributed by atoms with Gasteiger partial charge in [-0.15, -0.1) is 0 Å². The number of halogens is 3. The Balaban J connectivity index is 2.21. The average molecular weight is 282 g/mol. The summed E-state index contributed by atoms with van der Waals surface area (Å²) in [4.78, 5) is 0. The second kappa shape index (κ2) is 5.96. The molecule has 0 spiro atoms. The molecule has 0 heterocycles. The lowest BCUT2D eigenvalue weighted by atomic mass is 10.0. The molecular formula is C15H13F3O2. The third kappa shape index (κ3) is 3.11. The molecule has 0 amide bonds. The molecule has 2 rings (SSSR count). The van der Waals surface area contributed by atoms with Gasteiger partial charge in [-0.25, -0.2) is 13.2 Å². The van der Waals surface area contributed by atoms with Gasteiger partial charge in [0.25, 0.3) is 0 Å². The van der Waals surface area contributed by atoms with E-state index >= 15 is 0 Å². The lowest BCUT2D eigenvalue weighted by molar-refractivity contribution is 0.176. The maximum Gasteiger partial charge on any atom is 0.165 e. The fourth-order valence-electron chi connectivity index (χ4n) is 1.92. The summed E-state index contributed by atoms with van der Waals surface area (Å²) >= 11 is 0. The summed E-state index contributed by atoms with van der Waals surface area (Å²) in [7, 11) is 1.33. The van der Waals surface area contributed by atoms with Crippen LogP contribution < -0.4 is 4.74 Å². The van der Waals surface area contributed by atoms with Gasteiger partial charge in [-0.3, -0.25) is 0 Å². The minimum atomic E-state index is -1.13. The highest BCUT2D eigenvalue weighted by Crippen LogP contribution is 2.25. The van der Waals surface area contributed by atoms with Gasteiger partial charge < -0.3 is 9.84 Å². The van der Waals surface area contributed by atoms with Crippen molar-refractivity contribution in [3.8, 4) is 5.75 Å². The molecule has 2 aromatic carbocycles. The van der Waals surface area contributed by atoms with Gasteiger partial charge in [-0.1, -0.05) is 6.07 Å². The van der Waals surface area contributed by atoms with Crippen LogP contribution in [0.2, 0.25) is 0 Å². The zero-order valence-electron chi connectivity index (χ0n) is 10.7. The summed E-state index contributed by atoms with van der Waals surface area (Å²) in [5.41, 5.74) is 0.306. The van der Waals surface area contributed by atoms with Crippen LogP contribution in [0, 0.1) is 17.5 Å². The highest BCUT2D eigenvalue weighted by atomic mass is 19.1. The van der Waals surface area contributed by atoms with Crippen LogP contribution in [0.4, 0.5) is 13.2 Å². The first kappa shape index (κ1) is 14.4. The van der Waals surface area contributed by atoms with E-state index in [1.807, 2.05) is 0 Å². The Morgan fingerprint density at radius 2 is 1.80 bits per heavy atom. The minimum absolute atomic E-state index is 0.0359. The van der Waals surface area contributed by atoms with Crippen molar-refractivity contribution in [3.05, 3.63) is 65.0 Å². The topological polar surface area (TPSA) is 29.5 Å². The SMILES string of the molecule is COc1ccc(C(O)Cc2cc(F)ccc2F)cc1F. The number of hydrogen-bond acceptors (Lipinski definition) is 2. The van der Waals surface area contributed by atoms with E-state index in [1.54, 1.807) is 0 Å². The average Bonchev–Trinajstić information content (AvgIpc) is 2.42. The zero-order chi connectivity index (χ0) is 14.7. The lowest BCUT2D eigenvalue weighted by Crippen LogP contribution is -2.05. The number of ether oxygens (including phenoxy) is 1. The third-order valence-corrected chi connectivity index (χ3v) is 2.98. The summed E-state index contributed by atoms with van der Waals surface area (Å²) in [6.45, 7) is 0. The lowest BCUT2D eigenvalue weighted by Gasteiger charge is -2.13. The molecular weight excluding hydrogens is 269 g/mol. The fourth-order valence-corrected chi connectivity index (χ4v) is 1.92. The standard InChI is InChI=1S/C15H13F3O2/c1-20-15-5-2-9(7-13(15)18)14(19)8-10-6-11(16)3-4-12(10)17/h2-7,14,19H,8H2,1H3. The van der Waals surface area contributed by atoms with Gasteiger partial charge in [0.05, 0.1) is 13.2 Å². The van der Waals surface area contributed by atoms with Crippen LogP contribution in [0.3, 0.4) is 0 Å². The van der Waals surface area contributed by atoms with Gasteiger partial charge in [-0.05, 0) is 41.5 Å². The number of aliphatic hydroxyl groups is 1. The Bertz CT molecular complexity index is 614. The molecule has 0 bridgehead atoms.